The first kappa shape index (κ1) is 17.0. The molecule has 0 saturated heterocycles. The predicted molar refractivity (Wildman–Crippen MR) is 81.9 cm³/mol. The van der Waals surface area contributed by atoms with Crippen molar-refractivity contribution in [1.82, 2.24) is 0 Å². The Morgan fingerprint density at radius 1 is 1.29 bits per heavy atom. The zero-order valence-corrected chi connectivity index (χ0v) is 13.0. The summed E-state index contributed by atoms with van der Waals surface area (Å²) in [6.07, 6.45) is 2.21. The molecule has 0 aliphatic heterocycles. The van der Waals surface area contributed by atoms with Crippen molar-refractivity contribution >= 4 is 17.6 Å². The number of anilines is 1. The van der Waals surface area contributed by atoms with Crippen LogP contribution in [-0.2, 0) is 4.79 Å². The lowest BCUT2D eigenvalue weighted by atomic mass is 9.90. The first-order chi connectivity index (χ1) is 9.73. The number of benzene rings is 1. The van der Waals surface area contributed by atoms with Crippen molar-refractivity contribution < 1.29 is 19.4 Å². The molecule has 1 rings (SSSR count). The Labute approximate surface area is 125 Å². The number of nitrogens with one attached hydrogen (secondary N) is 1. The molecule has 1 amide bonds. The molecule has 116 valence electrons. The molecule has 5 nitrogen and oxygen atoms in total. The third-order valence-corrected chi connectivity index (χ3v) is 3.05. The molecule has 2 N–H and O–H groups in total. The highest BCUT2D eigenvalue weighted by atomic mass is 16.5. The molecule has 0 unspecified atom stereocenters. The molecular weight excluding hydrogens is 270 g/mol. The Morgan fingerprint density at radius 3 is 2.48 bits per heavy atom. The zero-order chi connectivity index (χ0) is 16.0. The molecule has 0 saturated carbocycles. The van der Waals surface area contributed by atoms with Gasteiger partial charge in [-0.15, -0.1) is 0 Å². The largest absolute Gasteiger partial charge is 0.495 e. The number of aromatic carboxylic acids is 1. The quantitative estimate of drug-likeness (QED) is 0.841. The van der Waals surface area contributed by atoms with Crippen molar-refractivity contribution in [1.29, 1.82) is 0 Å². The molecule has 0 heterocycles. The van der Waals surface area contributed by atoms with Crippen LogP contribution in [0.2, 0.25) is 0 Å². The van der Waals surface area contributed by atoms with Gasteiger partial charge in [0.1, 0.15) is 5.75 Å². The smallest absolute Gasteiger partial charge is 0.335 e. The van der Waals surface area contributed by atoms with Gasteiger partial charge >= 0.3 is 5.97 Å². The molecule has 0 radical (unpaired) electrons. The lowest BCUT2D eigenvalue weighted by Crippen LogP contribution is -2.14. The number of hydrogen-bond acceptors (Lipinski definition) is 3. The second kappa shape index (κ2) is 7.11. The van der Waals surface area contributed by atoms with Crippen molar-refractivity contribution in [3.8, 4) is 5.75 Å². The molecule has 0 aliphatic carbocycles. The van der Waals surface area contributed by atoms with Crippen LogP contribution in [0.15, 0.2) is 18.2 Å². The van der Waals surface area contributed by atoms with E-state index in [1.54, 1.807) is 6.07 Å². The number of methoxy groups -OCH3 is 1. The maximum Gasteiger partial charge on any atom is 0.335 e. The average molecular weight is 293 g/mol. The molecule has 0 aliphatic rings. The minimum Gasteiger partial charge on any atom is -0.495 e. The van der Waals surface area contributed by atoms with Gasteiger partial charge in [0.05, 0.1) is 18.4 Å². The molecule has 0 bridgehead atoms. The first-order valence-electron chi connectivity index (χ1n) is 6.94. The summed E-state index contributed by atoms with van der Waals surface area (Å²) in [4.78, 5) is 22.8. The van der Waals surface area contributed by atoms with Crippen LogP contribution in [0.3, 0.4) is 0 Å². The van der Waals surface area contributed by atoms with Gasteiger partial charge in [-0.05, 0) is 36.5 Å². The Bertz CT molecular complexity index is 517. The summed E-state index contributed by atoms with van der Waals surface area (Å²) in [5, 5.41) is 11.7. The number of rotatable bonds is 6. The van der Waals surface area contributed by atoms with Crippen LogP contribution in [0.1, 0.15) is 50.4 Å². The fourth-order valence-corrected chi connectivity index (χ4v) is 1.92. The van der Waals surface area contributed by atoms with Gasteiger partial charge < -0.3 is 15.2 Å². The van der Waals surface area contributed by atoms with Gasteiger partial charge in [-0.3, -0.25) is 4.79 Å². The molecule has 21 heavy (non-hydrogen) atoms. The normalized spacial score (nSPS) is 11.0. The molecule has 0 fully saturated rings. The number of ether oxygens (including phenoxy) is 1. The van der Waals surface area contributed by atoms with Crippen LogP contribution in [-0.4, -0.2) is 24.1 Å². The topological polar surface area (TPSA) is 75.6 Å². The van der Waals surface area contributed by atoms with E-state index in [9.17, 15) is 9.59 Å². The Hall–Kier alpha value is -2.04. The van der Waals surface area contributed by atoms with Crippen LogP contribution in [0.25, 0.3) is 0 Å². The van der Waals surface area contributed by atoms with Crippen molar-refractivity contribution in [2.75, 3.05) is 12.4 Å². The van der Waals surface area contributed by atoms with E-state index in [0.717, 1.165) is 12.8 Å². The van der Waals surface area contributed by atoms with Crippen molar-refractivity contribution in [3.05, 3.63) is 23.8 Å². The van der Waals surface area contributed by atoms with Crippen LogP contribution >= 0.6 is 0 Å². The van der Waals surface area contributed by atoms with E-state index < -0.39 is 5.97 Å². The standard InChI is InChI=1S/C16H23NO4/c1-16(2,3)9-5-6-14(18)17-12-8-7-11(15(19)20)10-13(12)21-4/h7-8,10H,5-6,9H2,1-4H3,(H,17,18)(H,19,20). The van der Waals surface area contributed by atoms with Gasteiger partial charge in [-0.2, -0.15) is 0 Å². The van der Waals surface area contributed by atoms with Gasteiger partial charge in [0.15, 0.2) is 0 Å². The molecule has 1 aromatic rings. The molecule has 5 heteroatoms. The molecule has 0 aromatic heterocycles. The molecule has 0 spiro atoms. The lowest BCUT2D eigenvalue weighted by molar-refractivity contribution is -0.116. The Morgan fingerprint density at radius 2 is 1.95 bits per heavy atom. The number of amides is 1. The summed E-state index contributed by atoms with van der Waals surface area (Å²) in [6.45, 7) is 6.41. The fraction of sp³-hybridized carbons (Fsp3) is 0.500. The maximum absolute atomic E-state index is 11.9. The minimum atomic E-state index is -1.03. The lowest BCUT2D eigenvalue weighted by Gasteiger charge is -2.17. The van der Waals surface area contributed by atoms with Crippen LogP contribution in [0.5, 0.6) is 5.75 Å². The summed E-state index contributed by atoms with van der Waals surface area (Å²) in [6, 6.07) is 4.38. The third-order valence-electron chi connectivity index (χ3n) is 3.05. The highest BCUT2D eigenvalue weighted by Crippen LogP contribution is 2.26. The summed E-state index contributed by atoms with van der Waals surface area (Å²) in [7, 11) is 1.44. The number of carbonyl (C=O) groups is 2. The van der Waals surface area contributed by atoms with Gasteiger partial charge in [0.2, 0.25) is 5.91 Å². The number of carboxylic acid groups (broad SMARTS) is 1. The number of carboxylic acids is 1. The monoisotopic (exact) mass is 293 g/mol. The molecule has 1 aromatic carbocycles. The number of hydrogen-bond donors (Lipinski definition) is 2. The third kappa shape index (κ3) is 5.85. The summed E-state index contributed by atoms with van der Waals surface area (Å²) in [5.74, 6) is -0.781. The highest BCUT2D eigenvalue weighted by molar-refractivity contribution is 5.94. The van der Waals surface area contributed by atoms with Crippen LogP contribution in [0.4, 0.5) is 5.69 Å². The van der Waals surface area contributed by atoms with E-state index >= 15 is 0 Å². The van der Waals surface area contributed by atoms with Crippen molar-refractivity contribution in [2.45, 2.75) is 40.0 Å². The Balaban J connectivity index is 2.65. The zero-order valence-electron chi connectivity index (χ0n) is 13.0. The predicted octanol–water partition coefficient (Wildman–Crippen LogP) is 3.55. The van der Waals surface area contributed by atoms with E-state index in [2.05, 4.69) is 26.1 Å². The second-order valence-corrected chi connectivity index (χ2v) is 6.18. The van der Waals surface area contributed by atoms with Gasteiger partial charge in [-0.1, -0.05) is 20.8 Å². The Kier molecular flexibility index (Phi) is 5.76. The van der Waals surface area contributed by atoms with E-state index in [0.29, 0.717) is 17.9 Å². The summed E-state index contributed by atoms with van der Waals surface area (Å²) >= 11 is 0. The SMILES string of the molecule is COc1cc(C(=O)O)ccc1NC(=O)CCCC(C)(C)C. The van der Waals surface area contributed by atoms with E-state index in [1.165, 1.54) is 19.2 Å². The molecule has 0 atom stereocenters. The van der Waals surface area contributed by atoms with Crippen LogP contribution in [0, 0.1) is 5.41 Å². The van der Waals surface area contributed by atoms with Gasteiger partial charge in [0.25, 0.3) is 0 Å². The second-order valence-electron chi connectivity index (χ2n) is 6.18. The minimum absolute atomic E-state index is 0.0966. The maximum atomic E-state index is 11.9. The van der Waals surface area contributed by atoms with Crippen molar-refractivity contribution in [2.24, 2.45) is 5.41 Å². The van der Waals surface area contributed by atoms with E-state index in [-0.39, 0.29) is 16.9 Å². The van der Waals surface area contributed by atoms with Crippen LogP contribution < -0.4 is 10.1 Å². The average Bonchev–Trinajstić information content (AvgIpc) is 2.37. The summed E-state index contributed by atoms with van der Waals surface area (Å²) in [5.41, 5.74) is 0.821. The van der Waals surface area contributed by atoms with Gasteiger partial charge in [-0.25, -0.2) is 4.79 Å². The van der Waals surface area contributed by atoms with Gasteiger partial charge in [0, 0.05) is 6.42 Å². The number of carbonyl (C=O) groups excluding carboxylic acids is 1. The highest BCUT2D eigenvalue weighted by Gasteiger charge is 2.13. The van der Waals surface area contributed by atoms with E-state index in [4.69, 9.17) is 9.84 Å². The summed E-state index contributed by atoms with van der Waals surface area (Å²) < 4.78 is 5.12. The fourth-order valence-electron chi connectivity index (χ4n) is 1.92. The van der Waals surface area contributed by atoms with Crippen molar-refractivity contribution in [3.63, 3.8) is 0 Å². The molecular formula is C16H23NO4. The first-order valence-corrected chi connectivity index (χ1v) is 6.94. The van der Waals surface area contributed by atoms with E-state index in [1.807, 2.05) is 0 Å².